The Labute approximate surface area is 229 Å². The number of carbonyl (C=O) groups is 3. The molecule has 0 atom stereocenters. The van der Waals surface area contributed by atoms with Crippen LogP contribution in [0.4, 0.5) is 0 Å². The highest BCUT2D eigenvalue weighted by molar-refractivity contribution is 7.90. The lowest BCUT2D eigenvalue weighted by molar-refractivity contribution is -0.135. The molecule has 208 valence electrons. The van der Waals surface area contributed by atoms with Crippen LogP contribution in [-0.2, 0) is 37.2 Å². The van der Waals surface area contributed by atoms with Crippen LogP contribution in [0.1, 0.15) is 38.3 Å². The summed E-state index contributed by atoms with van der Waals surface area (Å²) in [5.41, 5.74) is 1.20. The van der Waals surface area contributed by atoms with Crippen LogP contribution in [0, 0.1) is 5.41 Å². The van der Waals surface area contributed by atoms with Crippen molar-refractivity contribution in [2.24, 2.45) is 5.41 Å². The molecule has 2 amide bonds. The number of nitrogens with one attached hydrogen (secondary N) is 2. The number of carboxylic acids is 1. The molecule has 1 aliphatic heterocycles. The van der Waals surface area contributed by atoms with E-state index in [0.29, 0.717) is 38.9 Å². The molecule has 3 N–H and O–H groups in total. The van der Waals surface area contributed by atoms with Gasteiger partial charge in [0, 0.05) is 26.1 Å². The molecule has 0 radical (unpaired) electrons. The number of carboxylic acid groups (broad SMARTS) is 1. The van der Waals surface area contributed by atoms with Crippen molar-refractivity contribution in [1.29, 1.82) is 0 Å². The molecule has 2 aromatic rings. The zero-order valence-corrected chi connectivity index (χ0v) is 23.3. The maximum absolute atomic E-state index is 12.9. The molecule has 9 nitrogen and oxygen atoms in total. The Bertz CT molecular complexity index is 1360. The summed E-state index contributed by atoms with van der Waals surface area (Å²) in [4.78, 5) is 38.4. The summed E-state index contributed by atoms with van der Waals surface area (Å²) in [5.74, 6) is -2.37. The van der Waals surface area contributed by atoms with E-state index < -0.39 is 21.9 Å². The first-order chi connectivity index (χ1) is 18.4. The van der Waals surface area contributed by atoms with E-state index in [1.165, 1.54) is 18.2 Å². The molecule has 0 aliphatic carbocycles. The van der Waals surface area contributed by atoms with E-state index in [0.717, 1.165) is 11.1 Å². The fourth-order valence-corrected chi connectivity index (χ4v) is 5.16. The van der Waals surface area contributed by atoms with Crippen LogP contribution in [-0.4, -0.2) is 55.8 Å². The predicted molar refractivity (Wildman–Crippen MR) is 148 cm³/mol. The average molecular weight is 554 g/mol. The van der Waals surface area contributed by atoms with Crippen LogP contribution in [0.3, 0.4) is 0 Å². The van der Waals surface area contributed by atoms with Gasteiger partial charge < -0.3 is 15.3 Å². The van der Waals surface area contributed by atoms with E-state index in [2.05, 4.69) is 5.32 Å². The fourth-order valence-electron chi connectivity index (χ4n) is 4.20. The molecule has 0 saturated heterocycles. The number of rotatable bonds is 11. The van der Waals surface area contributed by atoms with E-state index in [9.17, 15) is 27.9 Å². The van der Waals surface area contributed by atoms with Crippen LogP contribution in [0.25, 0.3) is 0 Å². The third kappa shape index (κ3) is 8.81. The first-order valence-corrected chi connectivity index (χ1v) is 14.2. The fraction of sp³-hybridized carbons (Fsp3) is 0.345. The van der Waals surface area contributed by atoms with Gasteiger partial charge in [0.25, 0.3) is 15.9 Å². The van der Waals surface area contributed by atoms with E-state index in [1.54, 1.807) is 23.1 Å². The Kier molecular flexibility index (Phi) is 9.69. The van der Waals surface area contributed by atoms with Gasteiger partial charge in [-0.25, -0.2) is 17.9 Å². The van der Waals surface area contributed by atoms with Crippen molar-refractivity contribution in [2.75, 3.05) is 19.6 Å². The standard InChI is InChI=1S/C29H35N3O6S/c1-29(2,3)20-32-19-7-10-24(26(32)28(35)36)27(34)31-39(37,38)23-14-11-22(12-15-23)17-18-30-25(33)16-13-21-8-5-4-6-9-21/h4-12,14-15H,13,16-20H2,1-3H3,(H,30,33)(H,31,34)(H,35,36). The zero-order valence-electron chi connectivity index (χ0n) is 22.4. The van der Waals surface area contributed by atoms with E-state index in [-0.39, 0.29) is 27.5 Å². The molecule has 0 unspecified atom stereocenters. The van der Waals surface area contributed by atoms with Crippen molar-refractivity contribution in [2.45, 2.75) is 44.9 Å². The Morgan fingerprint density at radius 1 is 0.949 bits per heavy atom. The highest BCUT2D eigenvalue weighted by Gasteiger charge is 2.31. The molecule has 1 heterocycles. The minimum absolute atomic E-state index is 0.0615. The number of nitrogens with zero attached hydrogens (tertiary/aromatic N) is 1. The van der Waals surface area contributed by atoms with Gasteiger partial charge in [-0.1, -0.05) is 69.3 Å². The molecule has 0 spiro atoms. The first kappa shape index (κ1) is 29.6. The predicted octanol–water partition coefficient (Wildman–Crippen LogP) is 3.04. The van der Waals surface area contributed by atoms with Crippen LogP contribution >= 0.6 is 0 Å². The van der Waals surface area contributed by atoms with Gasteiger partial charge in [-0.05, 0) is 47.6 Å². The Morgan fingerprint density at radius 2 is 1.59 bits per heavy atom. The third-order valence-electron chi connectivity index (χ3n) is 5.97. The molecule has 10 heteroatoms. The number of aryl methyl sites for hydroxylation is 1. The van der Waals surface area contributed by atoms with Crippen LogP contribution < -0.4 is 10.0 Å². The van der Waals surface area contributed by atoms with Gasteiger partial charge in [0.1, 0.15) is 5.70 Å². The highest BCUT2D eigenvalue weighted by Crippen LogP contribution is 2.24. The average Bonchev–Trinajstić information content (AvgIpc) is 2.87. The lowest BCUT2D eigenvalue weighted by Gasteiger charge is -2.33. The second-order valence-electron chi connectivity index (χ2n) is 10.6. The van der Waals surface area contributed by atoms with E-state index in [4.69, 9.17) is 0 Å². The molecule has 0 aromatic heterocycles. The molecule has 0 bridgehead atoms. The Hall–Kier alpha value is -3.92. The van der Waals surface area contributed by atoms with Crippen LogP contribution in [0.2, 0.25) is 0 Å². The van der Waals surface area contributed by atoms with E-state index >= 15 is 0 Å². The number of hydrogen-bond donors (Lipinski definition) is 3. The number of benzene rings is 2. The summed E-state index contributed by atoms with van der Waals surface area (Å²) in [5, 5.41) is 12.6. The lowest BCUT2D eigenvalue weighted by atomic mass is 9.94. The van der Waals surface area contributed by atoms with Crippen molar-refractivity contribution >= 4 is 27.8 Å². The minimum atomic E-state index is -4.24. The van der Waals surface area contributed by atoms with Gasteiger partial charge in [0.05, 0.1) is 10.5 Å². The van der Waals surface area contributed by atoms with Gasteiger partial charge in [0.15, 0.2) is 0 Å². The molecular formula is C29H35N3O6S. The van der Waals surface area contributed by atoms with Gasteiger partial charge in [-0.3, -0.25) is 9.59 Å². The summed E-state index contributed by atoms with van der Waals surface area (Å²) < 4.78 is 27.8. The van der Waals surface area contributed by atoms with E-state index in [1.807, 2.05) is 55.8 Å². The summed E-state index contributed by atoms with van der Waals surface area (Å²) in [6.07, 6.45) is 4.51. The smallest absolute Gasteiger partial charge is 0.353 e. The second-order valence-corrected chi connectivity index (χ2v) is 12.3. The largest absolute Gasteiger partial charge is 0.477 e. The number of sulfonamides is 1. The maximum Gasteiger partial charge on any atom is 0.353 e. The van der Waals surface area contributed by atoms with Crippen molar-refractivity contribution < 1.29 is 27.9 Å². The third-order valence-corrected chi connectivity index (χ3v) is 7.32. The number of hydrogen-bond acceptors (Lipinski definition) is 6. The maximum atomic E-state index is 12.9. The molecule has 2 aromatic carbocycles. The zero-order chi connectivity index (χ0) is 28.6. The number of carbonyl (C=O) groups excluding carboxylic acids is 2. The van der Waals surface area contributed by atoms with Crippen LogP contribution in [0.5, 0.6) is 0 Å². The minimum Gasteiger partial charge on any atom is -0.477 e. The SMILES string of the molecule is CC(C)(C)CN1CC=CC(C(=O)NS(=O)(=O)c2ccc(CCNC(=O)CCc3ccccc3)cc2)=C1C(=O)O. The first-order valence-electron chi connectivity index (χ1n) is 12.7. The summed E-state index contributed by atoms with van der Waals surface area (Å²) >= 11 is 0. The normalized spacial score (nSPS) is 13.8. The quantitative estimate of drug-likeness (QED) is 0.390. The molecule has 0 saturated carbocycles. The monoisotopic (exact) mass is 553 g/mol. The number of amides is 2. The molecular weight excluding hydrogens is 518 g/mol. The van der Waals surface area contributed by atoms with Crippen molar-refractivity contribution in [3.8, 4) is 0 Å². The molecule has 1 aliphatic rings. The summed E-state index contributed by atoms with van der Waals surface area (Å²) in [7, 11) is -4.24. The topological polar surface area (TPSA) is 133 Å². The van der Waals surface area contributed by atoms with Gasteiger partial charge in [-0.15, -0.1) is 0 Å². The number of aliphatic carboxylic acids is 1. The van der Waals surface area contributed by atoms with Crippen LogP contribution in [0.15, 0.2) is 82.9 Å². The van der Waals surface area contributed by atoms with Crippen molar-refractivity contribution in [3.63, 3.8) is 0 Å². The van der Waals surface area contributed by atoms with Gasteiger partial charge in [0.2, 0.25) is 5.91 Å². The second kappa shape index (κ2) is 12.8. The van der Waals surface area contributed by atoms with Gasteiger partial charge in [-0.2, -0.15) is 0 Å². The molecule has 0 fully saturated rings. The van der Waals surface area contributed by atoms with Gasteiger partial charge >= 0.3 is 5.97 Å². The van der Waals surface area contributed by atoms with Crippen molar-refractivity contribution in [1.82, 2.24) is 14.9 Å². The molecule has 3 rings (SSSR count). The Morgan fingerprint density at radius 3 is 2.21 bits per heavy atom. The Balaban J connectivity index is 1.59. The van der Waals surface area contributed by atoms with Crippen molar-refractivity contribution in [3.05, 3.63) is 89.1 Å². The highest BCUT2D eigenvalue weighted by atomic mass is 32.2. The summed E-state index contributed by atoms with van der Waals surface area (Å²) in [6.45, 7) is 6.91. The summed E-state index contributed by atoms with van der Waals surface area (Å²) in [6, 6.07) is 15.7. The molecule has 39 heavy (non-hydrogen) atoms. The lowest BCUT2D eigenvalue weighted by Crippen LogP contribution is -2.40.